The van der Waals surface area contributed by atoms with Crippen molar-refractivity contribution >= 4 is 12.0 Å². The molecular weight excluding hydrogens is 336 g/mol. The van der Waals surface area contributed by atoms with Gasteiger partial charge in [0, 0.05) is 13.5 Å². The van der Waals surface area contributed by atoms with Gasteiger partial charge in [0.2, 0.25) is 0 Å². The Kier molecular flexibility index (Phi) is 6.99. The molecular formula is C19H22N2O5. The van der Waals surface area contributed by atoms with E-state index in [1.807, 2.05) is 30.3 Å². The first-order chi connectivity index (χ1) is 12.5. The van der Waals surface area contributed by atoms with E-state index in [0.717, 1.165) is 16.2 Å². The van der Waals surface area contributed by atoms with Gasteiger partial charge in [-0.2, -0.15) is 0 Å². The average molecular weight is 358 g/mol. The van der Waals surface area contributed by atoms with E-state index >= 15 is 0 Å². The van der Waals surface area contributed by atoms with Crippen LogP contribution in [0.25, 0.3) is 0 Å². The van der Waals surface area contributed by atoms with E-state index < -0.39 is 18.0 Å². The van der Waals surface area contributed by atoms with Gasteiger partial charge in [0.25, 0.3) is 5.91 Å². The number of carbonyl (C=O) groups is 2. The van der Waals surface area contributed by atoms with Gasteiger partial charge in [-0.05, 0) is 23.3 Å². The first-order valence-electron chi connectivity index (χ1n) is 8.06. The van der Waals surface area contributed by atoms with Gasteiger partial charge in [-0.1, -0.05) is 42.5 Å². The second kappa shape index (κ2) is 9.43. The molecule has 0 saturated carbocycles. The lowest BCUT2D eigenvalue weighted by Gasteiger charge is -2.22. The van der Waals surface area contributed by atoms with Crippen molar-refractivity contribution in [2.24, 2.45) is 0 Å². The van der Waals surface area contributed by atoms with Crippen molar-refractivity contribution in [3.63, 3.8) is 0 Å². The van der Waals surface area contributed by atoms with Crippen LogP contribution in [-0.4, -0.2) is 42.4 Å². The van der Waals surface area contributed by atoms with Crippen molar-refractivity contribution in [2.45, 2.75) is 19.1 Å². The number of benzene rings is 2. The summed E-state index contributed by atoms with van der Waals surface area (Å²) >= 11 is 0. The average Bonchev–Trinajstić information content (AvgIpc) is 2.67. The maximum atomic E-state index is 12.4. The number of rotatable bonds is 7. The molecule has 7 nitrogen and oxygen atoms in total. The van der Waals surface area contributed by atoms with Crippen molar-refractivity contribution in [3.8, 4) is 5.75 Å². The SMILES string of the molecule is CON(C)C(=O)[C@H](Cc1ccc(O)cc1)NC(=O)OCc1ccccc1. The summed E-state index contributed by atoms with van der Waals surface area (Å²) in [6.07, 6.45) is -0.469. The van der Waals surface area contributed by atoms with Crippen LogP contribution in [0.2, 0.25) is 0 Å². The number of hydrogen-bond donors (Lipinski definition) is 2. The molecule has 7 heteroatoms. The van der Waals surface area contributed by atoms with Gasteiger partial charge < -0.3 is 15.2 Å². The highest BCUT2D eigenvalue weighted by Gasteiger charge is 2.25. The van der Waals surface area contributed by atoms with E-state index in [2.05, 4.69) is 5.32 Å². The van der Waals surface area contributed by atoms with Crippen LogP contribution in [0.15, 0.2) is 54.6 Å². The Morgan fingerprint density at radius 2 is 1.73 bits per heavy atom. The first kappa shape index (κ1) is 19.3. The number of likely N-dealkylation sites (N-methyl/N-ethyl adjacent to an activating group) is 1. The van der Waals surface area contributed by atoms with E-state index in [4.69, 9.17) is 9.57 Å². The largest absolute Gasteiger partial charge is 0.508 e. The highest BCUT2D eigenvalue weighted by Crippen LogP contribution is 2.12. The van der Waals surface area contributed by atoms with Gasteiger partial charge in [-0.15, -0.1) is 0 Å². The molecule has 0 unspecified atom stereocenters. The number of phenols is 1. The molecule has 0 fully saturated rings. The molecule has 2 N–H and O–H groups in total. The van der Waals surface area contributed by atoms with Gasteiger partial charge in [0.05, 0.1) is 7.11 Å². The Labute approximate surface area is 152 Å². The fraction of sp³-hybridized carbons (Fsp3) is 0.263. The van der Waals surface area contributed by atoms with E-state index in [1.165, 1.54) is 26.3 Å². The quantitative estimate of drug-likeness (QED) is 0.741. The number of ether oxygens (including phenoxy) is 1. The van der Waals surface area contributed by atoms with Crippen LogP contribution in [0.1, 0.15) is 11.1 Å². The van der Waals surface area contributed by atoms with Gasteiger partial charge >= 0.3 is 6.09 Å². The Morgan fingerprint density at radius 3 is 2.35 bits per heavy atom. The maximum Gasteiger partial charge on any atom is 0.408 e. The number of hydrogen-bond acceptors (Lipinski definition) is 5. The zero-order valence-corrected chi connectivity index (χ0v) is 14.7. The van der Waals surface area contributed by atoms with Crippen molar-refractivity contribution in [3.05, 3.63) is 65.7 Å². The monoisotopic (exact) mass is 358 g/mol. The predicted octanol–water partition coefficient (Wildman–Crippen LogP) is 2.25. The zero-order valence-electron chi connectivity index (χ0n) is 14.7. The Balaban J connectivity index is 2.01. The lowest BCUT2D eigenvalue weighted by Crippen LogP contribution is -2.48. The van der Waals surface area contributed by atoms with E-state index in [0.29, 0.717) is 0 Å². The number of nitrogens with one attached hydrogen (secondary N) is 1. The molecule has 0 aliphatic heterocycles. The molecule has 1 atom stereocenters. The fourth-order valence-corrected chi connectivity index (χ4v) is 2.28. The molecule has 138 valence electrons. The normalized spacial score (nSPS) is 11.5. The molecule has 0 aromatic heterocycles. The van der Waals surface area contributed by atoms with Crippen LogP contribution in [0.5, 0.6) is 5.75 Å². The molecule has 0 aliphatic rings. The van der Waals surface area contributed by atoms with E-state index in [1.54, 1.807) is 12.1 Å². The molecule has 0 heterocycles. The minimum absolute atomic E-state index is 0.104. The third kappa shape index (κ3) is 5.78. The molecule has 2 rings (SSSR count). The summed E-state index contributed by atoms with van der Waals surface area (Å²) in [7, 11) is 2.83. The molecule has 2 aromatic carbocycles. The lowest BCUT2D eigenvalue weighted by atomic mass is 10.1. The number of carbonyl (C=O) groups excluding carboxylic acids is 2. The Hall–Kier alpha value is -3.06. The zero-order chi connectivity index (χ0) is 18.9. The summed E-state index contributed by atoms with van der Waals surface area (Å²) < 4.78 is 5.18. The van der Waals surface area contributed by atoms with Crippen LogP contribution in [-0.2, 0) is 27.4 Å². The minimum atomic E-state index is -0.868. The summed E-state index contributed by atoms with van der Waals surface area (Å²) in [6, 6.07) is 14.8. The maximum absolute atomic E-state index is 12.4. The Bertz CT molecular complexity index is 718. The van der Waals surface area contributed by atoms with Crippen LogP contribution in [0.4, 0.5) is 4.79 Å². The van der Waals surface area contributed by atoms with E-state index in [9.17, 15) is 14.7 Å². The summed E-state index contributed by atoms with van der Waals surface area (Å²) in [4.78, 5) is 29.5. The standard InChI is InChI=1S/C19H22N2O5/c1-21(25-2)18(23)17(12-14-8-10-16(22)11-9-14)20-19(24)26-13-15-6-4-3-5-7-15/h3-11,17,22H,12-13H2,1-2H3,(H,20,24)/t17-/m0/s1. The number of aromatic hydroxyl groups is 1. The molecule has 0 spiro atoms. The number of phenolic OH excluding ortho intramolecular Hbond substituents is 1. The third-order valence-corrected chi connectivity index (χ3v) is 3.76. The van der Waals surface area contributed by atoms with Crippen LogP contribution in [0, 0.1) is 0 Å². The van der Waals surface area contributed by atoms with Crippen molar-refractivity contribution in [1.29, 1.82) is 0 Å². The topological polar surface area (TPSA) is 88.1 Å². The summed E-state index contributed by atoms with van der Waals surface area (Å²) in [6.45, 7) is 0.104. The van der Waals surface area contributed by atoms with Crippen LogP contribution < -0.4 is 5.32 Å². The van der Waals surface area contributed by atoms with Crippen LogP contribution >= 0.6 is 0 Å². The molecule has 26 heavy (non-hydrogen) atoms. The molecule has 0 bridgehead atoms. The third-order valence-electron chi connectivity index (χ3n) is 3.76. The summed E-state index contributed by atoms with van der Waals surface area (Å²) in [5.74, 6) is -0.293. The summed E-state index contributed by atoms with van der Waals surface area (Å²) in [5.41, 5.74) is 1.62. The number of nitrogens with zero attached hydrogens (tertiary/aromatic N) is 1. The number of hydroxylamine groups is 2. The second-order valence-electron chi connectivity index (χ2n) is 5.65. The molecule has 2 amide bonds. The Morgan fingerprint density at radius 1 is 1.08 bits per heavy atom. The number of amides is 2. The number of alkyl carbamates (subject to hydrolysis) is 1. The van der Waals surface area contributed by atoms with Crippen molar-refractivity contribution < 1.29 is 24.3 Å². The predicted molar refractivity (Wildman–Crippen MR) is 95.1 cm³/mol. The van der Waals surface area contributed by atoms with Crippen molar-refractivity contribution in [2.75, 3.05) is 14.2 Å². The molecule has 0 saturated heterocycles. The first-order valence-corrected chi connectivity index (χ1v) is 8.06. The molecule has 0 aliphatic carbocycles. The van der Waals surface area contributed by atoms with Gasteiger partial charge in [-0.25, -0.2) is 9.86 Å². The smallest absolute Gasteiger partial charge is 0.408 e. The summed E-state index contributed by atoms with van der Waals surface area (Å²) in [5, 5.41) is 13.0. The van der Waals surface area contributed by atoms with E-state index in [-0.39, 0.29) is 18.8 Å². The van der Waals surface area contributed by atoms with Gasteiger partial charge in [0.15, 0.2) is 0 Å². The van der Waals surface area contributed by atoms with Crippen LogP contribution in [0.3, 0.4) is 0 Å². The highest BCUT2D eigenvalue weighted by atomic mass is 16.7. The van der Waals surface area contributed by atoms with Gasteiger partial charge in [-0.3, -0.25) is 9.63 Å². The fourth-order valence-electron chi connectivity index (χ4n) is 2.28. The van der Waals surface area contributed by atoms with Crippen molar-refractivity contribution in [1.82, 2.24) is 10.4 Å². The molecule has 0 radical (unpaired) electrons. The highest BCUT2D eigenvalue weighted by molar-refractivity contribution is 5.85. The second-order valence-corrected chi connectivity index (χ2v) is 5.65. The van der Waals surface area contributed by atoms with Gasteiger partial charge in [0.1, 0.15) is 18.4 Å². The lowest BCUT2D eigenvalue weighted by molar-refractivity contribution is -0.170. The molecule has 2 aromatic rings. The minimum Gasteiger partial charge on any atom is -0.508 e.